The van der Waals surface area contributed by atoms with Crippen LogP contribution in [0.25, 0.3) is 0 Å². The van der Waals surface area contributed by atoms with Crippen molar-refractivity contribution in [1.82, 2.24) is 0 Å². The minimum atomic E-state index is -4.65. The molecule has 0 spiro atoms. The van der Waals surface area contributed by atoms with Gasteiger partial charge in [0.1, 0.15) is 24.4 Å². The second-order valence-electron chi connectivity index (χ2n) is 17.2. The molecule has 14 heteroatoms. The first-order valence-electron chi connectivity index (χ1n) is 24.2. The number of phosphoric ester groups is 2. The Morgan fingerprint density at radius 2 is 0.771 bits per heavy atom. The normalized spacial score (nSPS) is 18.5. The van der Waals surface area contributed by atoms with Gasteiger partial charge in [-0.3, -0.25) is 27.1 Å². The van der Waals surface area contributed by atoms with Crippen LogP contribution < -0.4 is 0 Å². The molecule has 0 unspecified atom stereocenters. The molecule has 1 aliphatic rings. The lowest BCUT2D eigenvalue weighted by Gasteiger charge is -2.46. The van der Waals surface area contributed by atoms with Crippen molar-refractivity contribution in [1.29, 1.82) is 0 Å². The number of ether oxygens (including phenoxy) is 4. The number of benzene rings is 6. The van der Waals surface area contributed by atoms with Crippen LogP contribution in [0.15, 0.2) is 182 Å². The molecule has 0 aromatic heterocycles. The van der Waals surface area contributed by atoms with Crippen LogP contribution in [0.1, 0.15) is 72.9 Å². The van der Waals surface area contributed by atoms with E-state index in [1.165, 1.54) is 0 Å². The Labute approximate surface area is 413 Å². The molecular formula is C56H66O12P2. The summed E-state index contributed by atoms with van der Waals surface area (Å²) in [5.74, 6) is 0.210. The maximum Gasteiger partial charge on any atom is 0.475 e. The molecule has 6 aromatic carbocycles. The number of hydrogen-bond donors (Lipinski definition) is 0. The Bertz CT molecular complexity index is 2340. The van der Waals surface area contributed by atoms with E-state index >= 15 is 9.13 Å². The third-order valence-corrected chi connectivity index (χ3v) is 14.4. The van der Waals surface area contributed by atoms with Gasteiger partial charge in [0.25, 0.3) is 0 Å². The van der Waals surface area contributed by atoms with Gasteiger partial charge in [0, 0.05) is 0 Å². The zero-order valence-corrected chi connectivity index (χ0v) is 41.9. The lowest BCUT2D eigenvalue weighted by Crippen LogP contribution is -2.61. The number of rotatable bonds is 30. The highest BCUT2D eigenvalue weighted by molar-refractivity contribution is 7.48. The van der Waals surface area contributed by atoms with E-state index in [2.05, 4.69) is 13.8 Å². The van der Waals surface area contributed by atoms with Crippen molar-refractivity contribution in [3.05, 3.63) is 215 Å². The molecule has 1 fully saturated rings. The van der Waals surface area contributed by atoms with Crippen molar-refractivity contribution in [3.8, 4) is 0 Å². The molecule has 0 saturated carbocycles. The predicted octanol–water partition coefficient (Wildman–Crippen LogP) is 13.6. The summed E-state index contributed by atoms with van der Waals surface area (Å²) >= 11 is 0. The topological polar surface area (TPSA) is 126 Å². The lowest BCUT2D eigenvalue weighted by atomic mass is 9.98. The Morgan fingerprint density at radius 3 is 1.14 bits per heavy atom. The summed E-state index contributed by atoms with van der Waals surface area (Å²) in [6.07, 6.45) is -2.49. The van der Waals surface area contributed by atoms with E-state index < -0.39 is 46.4 Å². The van der Waals surface area contributed by atoms with E-state index in [9.17, 15) is 0 Å². The van der Waals surface area contributed by atoms with Crippen molar-refractivity contribution >= 4 is 15.6 Å². The van der Waals surface area contributed by atoms with E-state index in [1.807, 2.05) is 182 Å². The molecule has 1 aliphatic heterocycles. The van der Waals surface area contributed by atoms with Crippen molar-refractivity contribution in [2.24, 2.45) is 5.92 Å². The fourth-order valence-electron chi connectivity index (χ4n) is 7.97. The first kappa shape index (κ1) is 53.2. The van der Waals surface area contributed by atoms with Crippen LogP contribution in [0.5, 0.6) is 0 Å². The molecule has 70 heavy (non-hydrogen) atoms. The highest BCUT2D eigenvalue weighted by Crippen LogP contribution is 2.58. The van der Waals surface area contributed by atoms with Crippen molar-refractivity contribution in [2.75, 3.05) is 13.2 Å². The molecular weight excluding hydrogens is 927 g/mol. The molecule has 5 atom stereocenters. The summed E-state index contributed by atoms with van der Waals surface area (Å²) in [6.45, 7) is 4.27. The lowest BCUT2D eigenvalue weighted by molar-refractivity contribution is -0.311. The SMILES string of the molecule is CCCC(CCC)CO[C@@H]1O[C@H](COCc2ccccc2)[C@H](OP(=O)(OCc2ccccc2)OCc2ccccc2)[C@H](OP(=O)(OCc2ccccc2)OCc2ccccc2)[C@H]1OCc1ccccc1. The van der Waals surface area contributed by atoms with Gasteiger partial charge in [-0.2, -0.15) is 0 Å². The zero-order chi connectivity index (χ0) is 48.7. The molecule has 1 heterocycles. The van der Waals surface area contributed by atoms with Gasteiger partial charge in [-0.05, 0) is 52.1 Å². The smallest absolute Gasteiger partial charge is 0.374 e. The largest absolute Gasteiger partial charge is 0.475 e. The molecule has 6 aromatic rings. The minimum Gasteiger partial charge on any atom is -0.374 e. The van der Waals surface area contributed by atoms with E-state index in [0.717, 1.165) is 59.1 Å². The van der Waals surface area contributed by atoms with Crippen molar-refractivity contribution in [3.63, 3.8) is 0 Å². The highest BCUT2D eigenvalue weighted by atomic mass is 31.2. The molecule has 7 rings (SSSR count). The van der Waals surface area contributed by atoms with E-state index in [4.69, 9.17) is 46.1 Å². The first-order valence-corrected chi connectivity index (χ1v) is 27.1. The molecule has 372 valence electrons. The van der Waals surface area contributed by atoms with Gasteiger partial charge in [0.05, 0.1) is 52.9 Å². The Morgan fingerprint density at radius 1 is 0.429 bits per heavy atom. The summed E-state index contributed by atoms with van der Waals surface area (Å²) < 4.78 is 96.7. The molecule has 12 nitrogen and oxygen atoms in total. The van der Waals surface area contributed by atoms with Gasteiger partial charge in [0.15, 0.2) is 6.29 Å². The Balaban J connectivity index is 1.33. The second kappa shape index (κ2) is 28.4. The van der Waals surface area contributed by atoms with Gasteiger partial charge in [0.2, 0.25) is 0 Å². The predicted molar refractivity (Wildman–Crippen MR) is 269 cm³/mol. The van der Waals surface area contributed by atoms with Gasteiger partial charge in [-0.25, -0.2) is 9.13 Å². The highest BCUT2D eigenvalue weighted by Gasteiger charge is 2.55. The minimum absolute atomic E-state index is 0.0660. The molecule has 0 N–H and O–H groups in total. The number of phosphoric acid groups is 2. The van der Waals surface area contributed by atoms with Gasteiger partial charge in [-0.15, -0.1) is 0 Å². The third kappa shape index (κ3) is 17.3. The fraction of sp³-hybridized carbons (Fsp3) is 0.357. The molecule has 0 amide bonds. The quantitative estimate of drug-likeness (QED) is 0.0399. The van der Waals surface area contributed by atoms with Crippen LogP contribution in [-0.4, -0.2) is 43.9 Å². The summed E-state index contributed by atoms with van der Waals surface area (Å²) in [7, 11) is -9.28. The molecule has 0 radical (unpaired) electrons. The average molecular weight is 993 g/mol. The monoisotopic (exact) mass is 992 g/mol. The Kier molecular flexibility index (Phi) is 21.6. The van der Waals surface area contributed by atoms with Crippen LogP contribution in [0.2, 0.25) is 0 Å². The van der Waals surface area contributed by atoms with E-state index in [1.54, 1.807) is 0 Å². The van der Waals surface area contributed by atoms with E-state index in [0.29, 0.717) is 6.61 Å². The summed E-state index contributed by atoms with van der Waals surface area (Å²) in [5, 5.41) is 0. The molecule has 0 aliphatic carbocycles. The Hall–Kier alpha value is -4.62. The van der Waals surface area contributed by atoms with Gasteiger partial charge in [-0.1, -0.05) is 209 Å². The van der Waals surface area contributed by atoms with Gasteiger partial charge < -0.3 is 18.9 Å². The van der Waals surface area contributed by atoms with Crippen LogP contribution in [-0.2, 0) is 94.9 Å². The first-order chi connectivity index (χ1) is 34.3. The van der Waals surface area contributed by atoms with Gasteiger partial charge >= 0.3 is 15.6 Å². The maximum absolute atomic E-state index is 15.6. The van der Waals surface area contributed by atoms with Crippen molar-refractivity contribution in [2.45, 2.75) is 110 Å². The summed E-state index contributed by atoms with van der Waals surface area (Å²) in [5.41, 5.74) is 4.66. The summed E-state index contributed by atoms with van der Waals surface area (Å²) in [4.78, 5) is 0. The van der Waals surface area contributed by atoms with Crippen LogP contribution in [0, 0.1) is 5.92 Å². The molecule has 0 bridgehead atoms. The van der Waals surface area contributed by atoms with Crippen LogP contribution >= 0.6 is 15.6 Å². The number of hydrogen-bond acceptors (Lipinski definition) is 12. The fourth-order valence-corrected chi connectivity index (χ4v) is 10.7. The standard InChI is InChI=1S/C56H66O12P2/c1-3-23-45(24-4-2)39-61-56-55(60-38-47-27-13-6-14-28-47)54(68-70(58,64-42-50-33-19-9-20-34-50)65-43-51-35-21-10-22-36-51)53(52(66-56)44-59-37-46-25-11-5-12-26-46)67-69(57,62-40-48-29-15-7-16-30-48)63-41-49-31-17-8-18-32-49/h5-22,25-36,45,52-56H,3-4,23-24,37-44H2,1-2H3/t52-,53+,54+,55-,56-/m1/s1. The van der Waals surface area contributed by atoms with Crippen LogP contribution in [0.3, 0.4) is 0 Å². The third-order valence-electron chi connectivity index (χ3n) is 11.6. The van der Waals surface area contributed by atoms with E-state index in [-0.39, 0.29) is 52.2 Å². The zero-order valence-electron chi connectivity index (χ0n) is 40.1. The van der Waals surface area contributed by atoms with Crippen LogP contribution in [0.4, 0.5) is 0 Å². The maximum atomic E-state index is 15.6. The van der Waals surface area contributed by atoms with Crippen molar-refractivity contribution < 1.29 is 55.2 Å². The molecule has 1 saturated heterocycles. The summed E-state index contributed by atoms with van der Waals surface area (Å²) in [6, 6.07) is 56.5. The average Bonchev–Trinajstić information content (AvgIpc) is 3.40. The second-order valence-corrected chi connectivity index (χ2v) is 20.4.